The van der Waals surface area contributed by atoms with Gasteiger partial charge in [-0.05, 0) is 76.6 Å². The standard InChI is InChI=1S/5C18H39N.BH2O2.H3O3PS/c5*1-2-3-4-5-6-7-8-9-10-11-12-13-14-15-16-17-18-19;2-1-3;1-4(2,3)5/h5*2-19H2,1H3;2-3H;(H3,1,2,3,5). The van der Waals surface area contributed by atoms with Gasteiger partial charge in [-0.2, -0.15) is 0 Å². The molecule has 0 spiro atoms. The monoisotopic (exact) mass is 1510 g/mol. The summed E-state index contributed by atoms with van der Waals surface area (Å²) >= 11 is 3.60. The highest BCUT2D eigenvalue weighted by molar-refractivity contribution is 8.06. The molecular weight excluding hydrogens is 1300 g/mol. The fourth-order valence-corrected chi connectivity index (χ4v) is 13.5. The van der Waals surface area contributed by atoms with Crippen LogP contribution in [0.4, 0.5) is 0 Å². The van der Waals surface area contributed by atoms with E-state index in [0.29, 0.717) is 0 Å². The molecule has 0 aromatic rings. The van der Waals surface area contributed by atoms with Gasteiger partial charge < -0.3 is 53.4 Å². The molecule has 0 aliphatic rings. The Balaban J connectivity index is -0.000000217. The second-order valence-corrected chi connectivity index (χ2v) is 33.6. The normalized spacial score (nSPS) is 10.9. The lowest BCUT2D eigenvalue weighted by Crippen LogP contribution is -1.97. The first kappa shape index (κ1) is 117. The summed E-state index contributed by atoms with van der Waals surface area (Å²) in [5.74, 6) is 0. The molecule has 103 heavy (non-hydrogen) atoms. The first-order chi connectivity index (χ1) is 50.5. The molecule has 15 N–H and O–H groups in total. The Hall–Kier alpha value is 0.315. The van der Waals surface area contributed by atoms with Gasteiger partial charge in [0.1, 0.15) is 0 Å². The van der Waals surface area contributed by atoms with E-state index in [0.717, 1.165) is 32.7 Å². The van der Waals surface area contributed by atoms with E-state index in [9.17, 15) is 0 Å². The molecule has 0 amide bonds. The van der Waals surface area contributed by atoms with E-state index >= 15 is 0 Å². The SMILES string of the molecule is CCCCCCCCCCCCCCCCCCN.CCCCCCCCCCCCCCCCCCN.CCCCCCCCCCCCCCCCCCN.CCCCCCCCCCCCCCCCCCN.CCCCCCCCCCCCCCCCCCN.OP(O)(O)=S.O[B]O. The van der Waals surface area contributed by atoms with E-state index in [1.54, 1.807) is 0 Å². The van der Waals surface area contributed by atoms with Crippen LogP contribution < -0.4 is 28.7 Å². The van der Waals surface area contributed by atoms with Gasteiger partial charge in [0, 0.05) is 0 Å². The van der Waals surface area contributed by atoms with Crippen molar-refractivity contribution in [1.82, 2.24) is 0 Å². The van der Waals surface area contributed by atoms with Gasteiger partial charge in [-0.3, -0.25) is 0 Å². The minimum absolute atomic E-state index is 0. The molecule has 0 aromatic heterocycles. The summed E-state index contributed by atoms with van der Waals surface area (Å²) in [6.07, 6.45) is 114. The molecule has 0 heterocycles. The van der Waals surface area contributed by atoms with Crippen molar-refractivity contribution in [2.45, 2.75) is 548 Å². The topological polar surface area (TPSA) is 231 Å². The maximum Gasteiger partial charge on any atom is 0.482 e. The lowest BCUT2D eigenvalue weighted by Gasteiger charge is -2.03. The van der Waals surface area contributed by atoms with E-state index in [-0.39, 0.29) is 7.69 Å². The Morgan fingerprint density at radius 3 is 0.262 bits per heavy atom. The van der Waals surface area contributed by atoms with Crippen LogP contribution in [0.5, 0.6) is 0 Å². The highest BCUT2D eigenvalue weighted by Crippen LogP contribution is 2.27. The molecule has 0 bridgehead atoms. The summed E-state index contributed by atoms with van der Waals surface area (Å²) < 4.78 is 0. The van der Waals surface area contributed by atoms with E-state index in [1.165, 1.54) is 514 Å². The van der Waals surface area contributed by atoms with Gasteiger partial charge in [0.05, 0.1) is 0 Å². The summed E-state index contributed by atoms with van der Waals surface area (Å²) in [6, 6.07) is 0. The number of unbranched alkanes of at least 4 members (excludes halogenated alkanes) is 75. The highest BCUT2D eigenvalue weighted by atomic mass is 32.5. The first-order valence-electron chi connectivity index (χ1n) is 46.9. The summed E-state index contributed by atoms with van der Waals surface area (Å²) in [7, 11) is 0. The minimum atomic E-state index is -3.81. The largest absolute Gasteiger partial charge is 0.482 e. The van der Waals surface area contributed by atoms with Gasteiger partial charge in [0.25, 0.3) is 0 Å². The van der Waals surface area contributed by atoms with Crippen LogP contribution in [0.2, 0.25) is 0 Å². The van der Waals surface area contributed by atoms with Crippen LogP contribution in [-0.4, -0.2) is 65.1 Å². The Morgan fingerprint density at radius 1 is 0.165 bits per heavy atom. The van der Waals surface area contributed by atoms with E-state index in [4.69, 9.17) is 53.4 Å². The summed E-state index contributed by atoms with van der Waals surface area (Å²) in [4.78, 5) is 22.7. The zero-order valence-corrected chi connectivity index (χ0v) is 73.4. The zero-order valence-electron chi connectivity index (χ0n) is 71.7. The van der Waals surface area contributed by atoms with Crippen molar-refractivity contribution in [1.29, 1.82) is 0 Å². The average molecular weight is 1510 g/mol. The van der Waals surface area contributed by atoms with Gasteiger partial charge in [0.15, 0.2) is 0 Å². The number of hydrogen-bond acceptors (Lipinski definition) is 8. The Labute approximate surface area is 656 Å². The summed E-state index contributed by atoms with van der Waals surface area (Å²) in [5, 5.41) is 14.0. The van der Waals surface area contributed by atoms with Gasteiger partial charge >= 0.3 is 14.4 Å². The van der Waals surface area contributed by atoms with Gasteiger partial charge in [-0.1, -0.05) is 516 Å². The fraction of sp³-hybridized carbons (Fsp3) is 1.00. The Kier molecular flexibility index (Phi) is 139. The van der Waals surface area contributed by atoms with Crippen LogP contribution >= 0.6 is 6.72 Å². The number of nitrogens with two attached hydrogens (primary N) is 5. The van der Waals surface area contributed by atoms with Gasteiger partial charge in [-0.15, -0.1) is 0 Å². The van der Waals surface area contributed by atoms with Crippen LogP contribution in [0, 0.1) is 0 Å². The van der Waals surface area contributed by atoms with Gasteiger partial charge in [-0.25, -0.2) is 0 Å². The maximum atomic E-state index is 7.56. The average Bonchev–Trinajstić information content (AvgIpc) is 3.74. The molecule has 0 aliphatic carbocycles. The van der Waals surface area contributed by atoms with Crippen molar-refractivity contribution < 1.29 is 24.7 Å². The van der Waals surface area contributed by atoms with E-state index in [1.807, 2.05) is 0 Å². The maximum absolute atomic E-state index is 7.56. The fourth-order valence-electron chi connectivity index (χ4n) is 13.5. The van der Waals surface area contributed by atoms with Crippen molar-refractivity contribution >= 4 is 26.2 Å². The lowest BCUT2D eigenvalue weighted by atomic mass is 10.0. The minimum Gasteiger partial charge on any atom is -0.429 e. The molecule has 0 rings (SSSR count). The predicted octanol–water partition coefficient (Wildman–Crippen LogP) is 28.7. The van der Waals surface area contributed by atoms with Crippen molar-refractivity contribution in [3.05, 3.63) is 0 Å². The van der Waals surface area contributed by atoms with Crippen LogP contribution in [0.15, 0.2) is 0 Å². The molecule has 0 aromatic carbocycles. The summed E-state index contributed by atoms with van der Waals surface area (Å²) in [6.45, 7) is 12.0. The third-order valence-electron chi connectivity index (χ3n) is 20.3. The molecule has 629 valence electrons. The van der Waals surface area contributed by atoms with Crippen LogP contribution in [0.25, 0.3) is 0 Å². The predicted molar refractivity (Wildman–Crippen MR) is 474 cm³/mol. The van der Waals surface area contributed by atoms with Crippen molar-refractivity contribution in [2.24, 2.45) is 28.7 Å². The van der Waals surface area contributed by atoms with Crippen molar-refractivity contribution in [3.63, 3.8) is 0 Å². The van der Waals surface area contributed by atoms with Crippen LogP contribution in [-0.2, 0) is 11.8 Å². The highest BCUT2D eigenvalue weighted by Gasteiger charge is 2.01. The third-order valence-corrected chi connectivity index (χ3v) is 20.3. The quantitative estimate of drug-likeness (QED) is 0.0156. The van der Waals surface area contributed by atoms with Crippen molar-refractivity contribution in [3.8, 4) is 0 Å². The van der Waals surface area contributed by atoms with Crippen LogP contribution in [0.1, 0.15) is 548 Å². The zero-order chi connectivity index (χ0) is 77.3. The summed E-state index contributed by atoms with van der Waals surface area (Å²) in [5.41, 5.74) is 27.4. The molecule has 0 atom stereocenters. The Morgan fingerprint density at radius 2 is 0.214 bits per heavy atom. The Bertz CT molecular complexity index is 1050. The molecule has 10 nitrogen and oxygen atoms in total. The molecule has 0 fully saturated rings. The lowest BCUT2D eigenvalue weighted by molar-refractivity contribution is 0.363. The second-order valence-electron chi connectivity index (χ2n) is 31.1. The van der Waals surface area contributed by atoms with Gasteiger partial charge in [0.2, 0.25) is 0 Å². The smallest absolute Gasteiger partial charge is 0.429 e. The molecule has 0 saturated carbocycles. The first-order valence-corrected chi connectivity index (χ1v) is 49.5. The van der Waals surface area contributed by atoms with Crippen LogP contribution in [0.3, 0.4) is 0 Å². The molecule has 13 heteroatoms. The third kappa shape index (κ3) is 160. The van der Waals surface area contributed by atoms with Crippen molar-refractivity contribution in [2.75, 3.05) is 32.7 Å². The number of rotatable bonds is 80. The molecular formula is C90H200BN5O5PS. The van der Waals surface area contributed by atoms with E-state index in [2.05, 4.69) is 46.4 Å². The molecule has 0 unspecified atom stereocenters. The molecule has 0 saturated heterocycles. The second kappa shape index (κ2) is 123. The number of hydrogen-bond donors (Lipinski definition) is 10. The molecule has 0 aliphatic heterocycles. The molecule has 1 radical (unpaired) electrons. The van der Waals surface area contributed by atoms with E-state index < -0.39 is 6.72 Å².